The molecular formula is C50H59ClN12O5. The normalized spacial score (nSPS) is 23.2. The Balaban J connectivity index is 0.638. The molecule has 2 aromatic carbocycles. The Labute approximate surface area is 400 Å². The van der Waals surface area contributed by atoms with Crippen molar-refractivity contribution in [2.45, 2.75) is 88.6 Å². The maximum absolute atomic E-state index is 14.1. The van der Waals surface area contributed by atoms with Gasteiger partial charge in [-0.05, 0) is 92.1 Å². The number of β-amino-alcohol motifs (C(OH)–C–C–N with tert-alkyl or cyclic N) is 1. The molecule has 5 aliphatic heterocycles. The number of piperazine rings is 1. The highest BCUT2D eigenvalue weighted by Gasteiger charge is 2.55. The lowest BCUT2D eigenvalue weighted by Crippen LogP contribution is -2.67. The molecule has 5 fully saturated rings. The highest BCUT2D eigenvalue weighted by molar-refractivity contribution is 6.30. The highest BCUT2D eigenvalue weighted by Crippen LogP contribution is 2.52. The van der Waals surface area contributed by atoms with Crippen LogP contribution in [-0.2, 0) is 16.1 Å². The Morgan fingerprint density at radius 3 is 2.46 bits per heavy atom. The van der Waals surface area contributed by atoms with Crippen molar-refractivity contribution in [3.8, 4) is 17.0 Å². The van der Waals surface area contributed by atoms with Gasteiger partial charge in [0.25, 0.3) is 0 Å². The second-order valence-electron chi connectivity index (χ2n) is 20.2. The van der Waals surface area contributed by atoms with E-state index in [0.717, 1.165) is 94.0 Å². The van der Waals surface area contributed by atoms with Gasteiger partial charge in [-0.1, -0.05) is 54.9 Å². The largest absolute Gasteiger partial charge is 0.507 e. The summed E-state index contributed by atoms with van der Waals surface area (Å²) in [7, 11) is 0. The van der Waals surface area contributed by atoms with Gasteiger partial charge in [0.2, 0.25) is 17.8 Å². The standard InChI is InChI=1S/C50H59ClN12O5/c1-30(2)45(48(67)63-27-37(64)17-41(63)47(66)53-22-31-7-9-34(51)10-8-31)43-19-44(58-68-43)61-28-50(29-61)20-35(21-50)59-13-11-32(12-14-59)33-23-54-49(55-24-33)60-15-16-62-36(26-60)25-52-46-40(62)18-39(56-57-46)38-5-3-4-6-42(38)65/h3-10,18-19,23-24,30,32,35-37,41,45,64-65H,11-17,20-22,25-29H2,1-2H3,(H,52,57)(H,53,66)/t36-,37+,41-,45?/m0/s1. The number of amides is 2. The zero-order chi connectivity index (χ0) is 46.7. The Morgan fingerprint density at radius 1 is 0.941 bits per heavy atom. The van der Waals surface area contributed by atoms with Gasteiger partial charge in [0.05, 0.1) is 23.5 Å². The number of carbonyl (C=O) groups excluding carboxylic acids is 2. The number of aromatic nitrogens is 5. The third-order valence-electron chi connectivity index (χ3n) is 15.4. The van der Waals surface area contributed by atoms with E-state index in [0.29, 0.717) is 40.5 Å². The summed E-state index contributed by atoms with van der Waals surface area (Å²) in [6.45, 7) is 11.4. The van der Waals surface area contributed by atoms with Gasteiger partial charge in [0.15, 0.2) is 17.4 Å². The number of aliphatic hydroxyl groups excluding tert-OH is 1. The SMILES string of the molecule is CC(C)C(C(=O)N1C[C@H](O)C[C@H]1C(=O)NCc1ccc(Cl)cc1)c1cc(N2CC3(CC(N4CCC(c5cnc(N6CCN7c8cc(-c9ccccc9O)nnc8NC[C@H]7C6)nc5)CC4)C3)C2)no1. The zero-order valence-corrected chi connectivity index (χ0v) is 39.3. The molecule has 18 heteroatoms. The predicted molar refractivity (Wildman–Crippen MR) is 258 cm³/mol. The van der Waals surface area contributed by atoms with E-state index in [1.54, 1.807) is 24.3 Å². The molecule has 17 nitrogen and oxygen atoms in total. The van der Waals surface area contributed by atoms with Crippen molar-refractivity contribution in [1.82, 2.24) is 40.4 Å². The predicted octanol–water partition coefficient (Wildman–Crippen LogP) is 5.27. The molecular weight excluding hydrogens is 884 g/mol. The molecule has 356 valence electrons. The number of hydrogen-bond acceptors (Lipinski definition) is 15. The fourth-order valence-corrected chi connectivity index (χ4v) is 11.8. The van der Waals surface area contributed by atoms with Crippen LogP contribution in [0.3, 0.4) is 0 Å². The molecule has 4 atom stereocenters. The highest BCUT2D eigenvalue weighted by atomic mass is 35.5. The number of piperidine rings is 1. The molecule has 8 heterocycles. The first kappa shape index (κ1) is 44.5. The van der Waals surface area contributed by atoms with E-state index < -0.39 is 18.1 Å². The molecule has 5 aromatic rings. The van der Waals surface area contributed by atoms with Crippen LogP contribution >= 0.6 is 11.6 Å². The zero-order valence-electron chi connectivity index (χ0n) is 38.5. The molecule has 3 aromatic heterocycles. The van der Waals surface area contributed by atoms with Crippen molar-refractivity contribution < 1.29 is 24.3 Å². The number of carbonyl (C=O) groups is 2. The monoisotopic (exact) mass is 942 g/mol. The molecule has 11 rings (SSSR count). The number of nitrogens with one attached hydrogen (secondary N) is 2. The summed E-state index contributed by atoms with van der Waals surface area (Å²) in [5.41, 5.74) is 4.71. The maximum Gasteiger partial charge on any atom is 0.243 e. The van der Waals surface area contributed by atoms with Gasteiger partial charge in [-0.2, -0.15) is 0 Å². The average Bonchev–Trinajstić information content (AvgIpc) is 3.97. The maximum atomic E-state index is 14.1. The van der Waals surface area contributed by atoms with Crippen molar-refractivity contribution in [2.75, 3.05) is 78.9 Å². The molecule has 1 unspecified atom stereocenters. The third-order valence-corrected chi connectivity index (χ3v) is 15.7. The van der Waals surface area contributed by atoms with Crippen LogP contribution in [0.15, 0.2) is 77.6 Å². The van der Waals surface area contributed by atoms with Crippen molar-refractivity contribution in [2.24, 2.45) is 11.3 Å². The van der Waals surface area contributed by atoms with E-state index in [9.17, 15) is 19.8 Å². The lowest BCUT2D eigenvalue weighted by Gasteiger charge is -2.61. The fraction of sp³-hybridized carbons (Fsp3) is 0.500. The summed E-state index contributed by atoms with van der Waals surface area (Å²) in [5.74, 6) is 2.13. The number of benzene rings is 2. The van der Waals surface area contributed by atoms with Gasteiger partial charge in [-0.3, -0.25) is 9.59 Å². The van der Waals surface area contributed by atoms with Crippen LogP contribution in [-0.4, -0.2) is 140 Å². The first-order chi connectivity index (χ1) is 33.0. The van der Waals surface area contributed by atoms with Crippen LogP contribution < -0.4 is 25.3 Å². The summed E-state index contributed by atoms with van der Waals surface area (Å²) < 4.78 is 5.88. The molecule has 6 aliphatic rings. The van der Waals surface area contributed by atoms with Gasteiger partial charge in [0, 0.05) is 99.3 Å². The second-order valence-corrected chi connectivity index (χ2v) is 20.7. The lowest BCUT2D eigenvalue weighted by molar-refractivity contribution is -0.141. The van der Waals surface area contributed by atoms with Gasteiger partial charge < -0.3 is 49.9 Å². The number of para-hydroxylation sites is 1. The molecule has 68 heavy (non-hydrogen) atoms. The van der Waals surface area contributed by atoms with Crippen molar-refractivity contribution >= 4 is 46.7 Å². The van der Waals surface area contributed by atoms with Crippen molar-refractivity contribution in [3.05, 3.63) is 95.0 Å². The summed E-state index contributed by atoms with van der Waals surface area (Å²) in [6.07, 6.45) is 8.02. The minimum absolute atomic E-state index is 0.0918. The van der Waals surface area contributed by atoms with E-state index in [4.69, 9.17) is 26.1 Å². The quantitative estimate of drug-likeness (QED) is 0.134. The summed E-state index contributed by atoms with van der Waals surface area (Å²) in [4.78, 5) is 48.4. The van der Waals surface area contributed by atoms with Gasteiger partial charge >= 0.3 is 0 Å². The first-order valence-electron chi connectivity index (χ1n) is 24.2. The molecule has 1 aliphatic carbocycles. The van der Waals surface area contributed by atoms with E-state index in [-0.39, 0.29) is 47.9 Å². The van der Waals surface area contributed by atoms with E-state index in [1.807, 2.05) is 62.6 Å². The Bertz CT molecular complexity index is 2630. The minimum Gasteiger partial charge on any atom is -0.507 e. The topological polar surface area (TPSA) is 192 Å². The number of nitrogens with zero attached hydrogens (tertiary/aromatic N) is 10. The molecule has 0 bridgehead atoms. The Hall–Kier alpha value is -6.04. The number of fused-ring (bicyclic) bond motifs is 3. The minimum atomic E-state index is -0.786. The van der Waals surface area contributed by atoms with E-state index >= 15 is 0 Å². The van der Waals surface area contributed by atoms with Gasteiger partial charge in [0.1, 0.15) is 17.7 Å². The number of likely N-dealkylation sites (tertiary alicyclic amines) is 2. The first-order valence-corrected chi connectivity index (χ1v) is 24.5. The second kappa shape index (κ2) is 18.1. The van der Waals surface area contributed by atoms with Gasteiger partial charge in [-0.15, -0.1) is 10.2 Å². The number of halogens is 1. The number of phenols is 1. The smallest absolute Gasteiger partial charge is 0.243 e. The van der Waals surface area contributed by atoms with E-state index in [1.165, 1.54) is 23.3 Å². The van der Waals surface area contributed by atoms with Crippen LogP contribution in [0.4, 0.5) is 23.3 Å². The van der Waals surface area contributed by atoms with Crippen LogP contribution in [0, 0.1) is 11.3 Å². The van der Waals surface area contributed by atoms with Crippen LogP contribution in [0.1, 0.15) is 74.7 Å². The Morgan fingerprint density at radius 2 is 1.71 bits per heavy atom. The molecule has 4 saturated heterocycles. The molecule has 1 spiro atoms. The van der Waals surface area contributed by atoms with Crippen LogP contribution in [0.25, 0.3) is 11.3 Å². The molecule has 2 amide bonds. The lowest BCUT2D eigenvalue weighted by atomic mass is 9.60. The molecule has 0 radical (unpaired) electrons. The van der Waals surface area contributed by atoms with Gasteiger partial charge in [-0.25, -0.2) is 9.97 Å². The molecule has 4 N–H and O–H groups in total. The number of phenolic OH excluding ortho intramolecular Hbond substituents is 1. The molecule has 1 saturated carbocycles. The van der Waals surface area contributed by atoms with Crippen LogP contribution in [0.5, 0.6) is 5.75 Å². The van der Waals surface area contributed by atoms with Crippen LogP contribution in [0.2, 0.25) is 5.02 Å². The number of anilines is 4. The van der Waals surface area contributed by atoms with Crippen molar-refractivity contribution in [1.29, 1.82) is 0 Å². The summed E-state index contributed by atoms with van der Waals surface area (Å²) in [6, 6.07) is 18.4. The average molecular weight is 944 g/mol. The number of aromatic hydroxyl groups is 1. The number of aliphatic hydroxyl groups is 1. The van der Waals surface area contributed by atoms with E-state index in [2.05, 4.69) is 45.6 Å². The Kier molecular flexibility index (Phi) is 11.9. The summed E-state index contributed by atoms with van der Waals surface area (Å²) in [5, 5.41) is 41.3. The fourth-order valence-electron chi connectivity index (χ4n) is 11.7. The van der Waals surface area contributed by atoms with Crippen molar-refractivity contribution in [3.63, 3.8) is 0 Å². The number of hydrogen-bond donors (Lipinski definition) is 4. The number of rotatable bonds is 11. The summed E-state index contributed by atoms with van der Waals surface area (Å²) >= 11 is 6.02. The third kappa shape index (κ3) is 8.57.